The molecule has 0 saturated carbocycles. The van der Waals surface area contributed by atoms with Gasteiger partial charge >= 0.3 is 6.18 Å². The smallest absolute Gasteiger partial charge is 0.357 e. The number of sulfonamides is 1. The number of hydrogen-bond donors (Lipinski definition) is 1. The number of anilines is 1. The van der Waals surface area contributed by atoms with Gasteiger partial charge < -0.3 is 10.2 Å². The van der Waals surface area contributed by atoms with Crippen molar-refractivity contribution in [2.75, 3.05) is 24.2 Å². The van der Waals surface area contributed by atoms with Crippen molar-refractivity contribution in [2.24, 2.45) is 0 Å². The van der Waals surface area contributed by atoms with E-state index < -0.39 is 56.9 Å². The molecule has 0 bridgehead atoms. The van der Waals surface area contributed by atoms with Crippen LogP contribution < -0.4 is 9.62 Å². The molecule has 41 heavy (non-hydrogen) atoms. The monoisotopic (exact) mass is 649 g/mol. The maximum Gasteiger partial charge on any atom is 0.417 e. The third-order valence-corrected chi connectivity index (χ3v) is 8.29. The Hall–Kier alpha value is -2.99. The van der Waals surface area contributed by atoms with Crippen LogP contribution in [-0.4, -0.2) is 51.0 Å². The molecule has 220 valence electrons. The number of nitrogens with one attached hydrogen (secondary N) is 1. The van der Waals surface area contributed by atoms with Gasteiger partial charge in [-0.25, -0.2) is 8.42 Å². The second kappa shape index (κ2) is 13.3. The minimum atomic E-state index is -4.87. The van der Waals surface area contributed by atoms with E-state index in [9.17, 15) is 31.2 Å². The molecule has 0 aliphatic carbocycles. The van der Waals surface area contributed by atoms with Gasteiger partial charge in [-0.05, 0) is 41.5 Å². The summed E-state index contributed by atoms with van der Waals surface area (Å²) in [5, 5.41) is 2.33. The van der Waals surface area contributed by atoms with Crippen molar-refractivity contribution >= 4 is 62.3 Å². The summed E-state index contributed by atoms with van der Waals surface area (Å²) in [4.78, 5) is 28.1. The molecule has 1 N–H and O–H groups in total. The lowest BCUT2D eigenvalue weighted by Crippen LogP contribution is -2.52. The Morgan fingerprint density at radius 2 is 1.54 bits per heavy atom. The Morgan fingerprint density at radius 1 is 0.902 bits per heavy atom. The van der Waals surface area contributed by atoms with Crippen molar-refractivity contribution in [2.45, 2.75) is 25.2 Å². The number of likely N-dealkylation sites (N-methyl/N-ethyl adjacent to an activating group) is 1. The Balaban J connectivity index is 2.09. The fourth-order valence-electron chi connectivity index (χ4n) is 4.05. The highest BCUT2D eigenvalue weighted by atomic mass is 35.5. The molecular formula is C27H25Cl3F3N3O4S. The quantitative estimate of drug-likeness (QED) is 0.300. The summed E-state index contributed by atoms with van der Waals surface area (Å²) in [6.07, 6.45) is -4.06. The summed E-state index contributed by atoms with van der Waals surface area (Å²) in [5.74, 6) is -1.39. The molecule has 1 atom stereocenters. The predicted octanol–water partition coefficient (Wildman–Crippen LogP) is 5.82. The number of nitrogens with zero attached hydrogens (tertiary/aromatic N) is 2. The van der Waals surface area contributed by atoms with Crippen LogP contribution in [0.15, 0.2) is 66.7 Å². The summed E-state index contributed by atoms with van der Waals surface area (Å²) in [6.45, 7) is -1.09. The van der Waals surface area contributed by atoms with Crippen LogP contribution in [0.2, 0.25) is 15.1 Å². The van der Waals surface area contributed by atoms with Gasteiger partial charge in [0.1, 0.15) is 12.6 Å². The first-order chi connectivity index (χ1) is 19.1. The normalized spacial score (nSPS) is 12.5. The molecule has 14 heteroatoms. The number of carbonyl (C=O) groups is 2. The number of benzene rings is 3. The van der Waals surface area contributed by atoms with E-state index in [-0.39, 0.29) is 23.0 Å². The van der Waals surface area contributed by atoms with Gasteiger partial charge in [-0.1, -0.05) is 71.2 Å². The van der Waals surface area contributed by atoms with Gasteiger partial charge in [0.25, 0.3) is 0 Å². The van der Waals surface area contributed by atoms with Crippen LogP contribution in [-0.2, 0) is 38.8 Å². The lowest BCUT2D eigenvalue weighted by molar-refractivity contribution is -0.139. The van der Waals surface area contributed by atoms with E-state index in [4.69, 9.17) is 34.8 Å². The Kier molecular flexibility index (Phi) is 10.6. The van der Waals surface area contributed by atoms with E-state index in [1.54, 1.807) is 36.4 Å². The van der Waals surface area contributed by atoms with Crippen LogP contribution in [0, 0.1) is 0 Å². The van der Waals surface area contributed by atoms with Crippen molar-refractivity contribution in [3.63, 3.8) is 0 Å². The largest absolute Gasteiger partial charge is 0.417 e. The van der Waals surface area contributed by atoms with E-state index in [1.807, 2.05) is 0 Å². The molecule has 3 rings (SSSR count). The maximum absolute atomic E-state index is 13.9. The maximum atomic E-state index is 13.9. The first kappa shape index (κ1) is 32.5. The fourth-order valence-corrected chi connectivity index (χ4v) is 5.44. The fraction of sp³-hybridized carbons (Fsp3) is 0.259. The van der Waals surface area contributed by atoms with Gasteiger partial charge in [-0.15, -0.1) is 0 Å². The number of alkyl halides is 3. The molecule has 3 aromatic rings. The van der Waals surface area contributed by atoms with Crippen LogP contribution >= 0.6 is 34.8 Å². The number of carbonyl (C=O) groups excluding carboxylic acids is 2. The molecule has 0 heterocycles. The highest BCUT2D eigenvalue weighted by Gasteiger charge is 2.36. The van der Waals surface area contributed by atoms with E-state index >= 15 is 0 Å². The molecule has 3 aromatic carbocycles. The van der Waals surface area contributed by atoms with Crippen molar-refractivity contribution in [3.05, 3.63) is 98.5 Å². The lowest BCUT2D eigenvalue weighted by Gasteiger charge is -2.33. The van der Waals surface area contributed by atoms with Gasteiger partial charge in [0.15, 0.2) is 0 Å². The second-order valence-corrected chi connectivity index (χ2v) is 12.1. The zero-order chi connectivity index (χ0) is 30.5. The average molecular weight is 651 g/mol. The van der Waals surface area contributed by atoms with Crippen LogP contribution in [0.5, 0.6) is 0 Å². The SMILES string of the molecule is CNC(=O)C(Cc1ccccc1)N(Cc1ccc(Cl)c(Cl)c1)C(=O)CN(c1ccc(Cl)c(C(F)(F)F)c1)S(C)(=O)=O. The summed E-state index contributed by atoms with van der Waals surface area (Å²) in [7, 11) is -2.89. The Bertz CT molecular complexity index is 1520. The highest BCUT2D eigenvalue weighted by molar-refractivity contribution is 7.92. The van der Waals surface area contributed by atoms with Gasteiger partial charge in [0, 0.05) is 20.0 Å². The van der Waals surface area contributed by atoms with E-state index in [0.29, 0.717) is 21.5 Å². The second-order valence-electron chi connectivity index (χ2n) is 9.02. The molecule has 7 nitrogen and oxygen atoms in total. The molecular weight excluding hydrogens is 626 g/mol. The number of rotatable bonds is 10. The first-order valence-electron chi connectivity index (χ1n) is 11.9. The molecule has 2 amide bonds. The van der Waals surface area contributed by atoms with E-state index in [2.05, 4.69) is 5.32 Å². The Labute approximate surface area is 250 Å². The molecule has 0 fully saturated rings. The third kappa shape index (κ3) is 8.51. The number of hydrogen-bond acceptors (Lipinski definition) is 4. The summed E-state index contributed by atoms with van der Waals surface area (Å²) in [6, 6.07) is 14.8. The topological polar surface area (TPSA) is 86.8 Å². The summed E-state index contributed by atoms with van der Waals surface area (Å²) >= 11 is 17.9. The van der Waals surface area contributed by atoms with Crippen molar-refractivity contribution in [1.29, 1.82) is 0 Å². The van der Waals surface area contributed by atoms with Crippen molar-refractivity contribution in [3.8, 4) is 0 Å². The first-order valence-corrected chi connectivity index (χ1v) is 14.9. The van der Waals surface area contributed by atoms with Gasteiger partial charge in [-0.2, -0.15) is 13.2 Å². The molecule has 0 aliphatic heterocycles. The third-order valence-electron chi connectivity index (χ3n) is 6.08. The molecule has 0 aromatic heterocycles. The van der Waals surface area contributed by atoms with Crippen molar-refractivity contribution in [1.82, 2.24) is 10.2 Å². The van der Waals surface area contributed by atoms with Crippen LogP contribution in [0.25, 0.3) is 0 Å². The molecule has 0 radical (unpaired) electrons. The standard InChI is InChI=1S/C27H25Cl3F3N3O4S/c1-34-26(38)24(13-17-6-4-3-5-7-17)35(15-18-8-10-22(29)23(30)12-18)25(37)16-36(41(2,39)40)19-9-11-21(28)20(14-19)27(31,32)33/h3-12,14,24H,13,15-16H2,1-2H3,(H,34,38). The highest BCUT2D eigenvalue weighted by Crippen LogP contribution is 2.37. The predicted molar refractivity (Wildman–Crippen MR) is 154 cm³/mol. The number of halogens is 6. The lowest BCUT2D eigenvalue weighted by atomic mass is 10.0. The van der Waals surface area contributed by atoms with Crippen LogP contribution in [0.3, 0.4) is 0 Å². The minimum Gasteiger partial charge on any atom is -0.357 e. The summed E-state index contributed by atoms with van der Waals surface area (Å²) in [5.41, 5.74) is -0.503. The molecule has 1 unspecified atom stereocenters. The van der Waals surface area contributed by atoms with Crippen molar-refractivity contribution < 1.29 is 31.2 Å². The zero-order valence-electron chi connectivity index (χ0n) is 21.8. The molecule has 0 aliphatic rings. The van der Waals surface area contributed by atoms with Gasteiger partial charge in [0.2, 0.25) is 21.8 Å². The summed E-state index contributed by atoms with van der Waals surface area (Å²) < 4.78 is 66.6. The molecule has 0 saturated heterocycles. The Morgan fingerprint density at radius 3 is 2.10 bits per heavy atom. The average Bonchev–Trinajstić information content (AvgIpc) is 2.90. The van der Waals surface area contributed by atoms with Gasteiger partial charge in [0.05, 0.1) is 32.6 Å². The van der Waals surface area contributed by atoms with Gasteiger partial charge in [-0.3, -0.25) is 13.9 Å². The minimum absolute atomic E-state index is 0.0611. The van der Waals surface area contributed by atoms with E-state index in [1.165, 1.54) is 19.2 Å². The van der Waals surface area contributed by atoms with Crippen LogP contribution in [0.1, 0.15) is 16.7 Å². The van der Waals surface area contributed by atoms with Crippen LogP contribution in [0.4, 0.5) is 18.9 Å². The molecule has 0 spiro atoms. The zero-order valence-corrected chi connectivity index (χ0v) is 24.8. The van der Waals surface area contributed by atoms with E-state index in [0.717, 1.165) is 23.3 Å². The number of amides is 2.